The van der Waals surface area contributed by atoms with Crippen molar-refractivity contribution in [3.8, 4) is 5.75 Å². The largest absolute Gasteiger partial charge is 0.450 e. The fourth-order valence-corrected chi connectivity index (χ4v) is 2.87. The van der Waals surface area contributed by atoms with Gasteiger partial charge in [-0.3, -0.25) is 5.41 Å². The molecule has 4 N–H and O–H groups in total. The predicted molar refractivity (Wildman–Crippen MR) is 102 cm³/mol. The number of rotatable bonds is 2. The summed E-state index contributed by atoms with van der Waals surface area (Å²) in [5, 5.41) is 14.0. The van der Waals surface area contributed by atoms with E-state index in [0.29, 0.717) is 17.7 Å². The summed E-state index contributed by atoms with van der Waals surface area (Å²) in [4.78, 5) is 0. The maximum Gasteiger partial charge on any atom is 0.450 e. The number of benzene rings is 1. The van der Waals surface area contributed by atoms with Crippen LogP contribution in [0.3, 0.4) is 0 Å². The van der Waals surface area contributed by atoms with E-state index < -0.39 is 35.8 Å². The Balaban J connectivity index is 2.04. The summed E-state index contributed by atoms with van der Waals surface area (Å²) in [6, 6.07) is 2.85. The number of halogens is 6. The first kappa shape index (κ1) is 22.4. The number of alkyl halides is 6. The zero-order valence-corrected chi connectivity index (χ0v) is 16.0. The zero-order valence-electron chi connectivity index (χ0n) is 16.0. The van der Waals surface area contributed by atoms with E-state index in [0.717, 1.165) is 12.1 Å². The minimum Gasteiger partial charge on any atom is -0.437 e. The maximum absolute atomic E-state index is 13.2. The van der Waals surface area contributed by atoms with Gasteiger partial charge in [0, 0.05) is 17.7 Å². The average molecular weight is 445 g/mol. The number of hydrogen-bond donors (Lipinski definition) is 3. The van der Waals surface area contributed by atoms with Gasteiger partial charge < -0.3 is 15.8 Å². The number of amidine groups is 1. The van der Waals surface area contributed by atoms with Crippen LogP contribution in [0.5, 0.6) is 5.75 Å². The molecule has 0 amide bonds. The lowest BCUT2D eigenvalue weighted by molar-refractivity contribution is -0.137. The number of nitrogens with one attached hydrogen (secondary N) is 2. The molecule has 0 saturated heterocycles. The second-order valence-corrected chi connectivity index (χ2v) is 6.68. The van der Waals surface area contributed by atoms with Gasteiger partial charge in [0.15, 0.2) is 0 Å². The van der Waals surface area contributed by atoms with Crippen molar-refractivity contribution in [2.75, 3.05) is 6.54 Å². The Morgan fingerprint density at radius 3 is 2.55 bits per heavy atom. The van der Waals surface area contributed by atoms with Gasteiger partial charge in [-0.05, 0) is 43.0 Å². The maximum atomic E-state index is 13.2. The van der Waals surface area contributed by atoms with Crippen molar-refractivity contribution in [3.05, 3.63) is 59.3 Å². The van der Waals surface area contributed by atoms with Crippen LogP contribution >= 0.6 is 0 Å². The van der Waals surface area contributed by atoms with Crippen LogP contribution in [-0.4, -0.2) is 35.6 Å². The van der Waals surface area contributed by atoms with Crippen LogP contribution in [0.2, 0.25) is 0 Å². The molecule has 2 aliphatic heterocycles. The molecule has 1 aromatic rings. The number of allylic oxidation sites excluding steroid dienone is 2. The van der Waals surface area contributed by atoms with Gasteiger partial charge in [0.1, 0.15) is 11.9 Å². The topological polar surface area (TPSA) is 86.7 Å². The molecular formula is C19H17F6N5O. The first-order valence-electron chi connectivity index (χ1n) is 8.84. The number of nitrogens with zero attached hydrogens (tertiary/aromatic N) is 2. The molecule has 1 aromatic carbocycles. The van der Waals surface area contributed by atoms with Gasteiger partial charge in [-0.15, -0.1) is 5.10 Å². The summed E-state index contributed by atoms with van der Waals surface area (Å²) < 4.78 is 84.1. The van der Waals surface area contributed by atoms with Crippen LogP contribution < -0.4 is 15.8 Å². The summed E-state index contributed by atoms with van der Waals surface area (Å²) in [7, 11) is 0. The van der Waals surface area contributed by atoms with E-state index in [-0.39, 0.29) is 16.3 Å². The minimum absolute atomic E-state index is 0.194. The van der Waals surface area contributed by atoms with Crippen LogP contribution in [0.4, 0.5) is 26.3 Å². The molecule has 0 fully saturated rings. The molecule has 2 aliphatic rings. The number of ether oxygens (including phenoxy) is 1. The second kappa shape index (κ2) is 8.10. The van der Waals surface area contributed by atoms with Crippen molar-refractivity contribution in [2.45, 2.75) is 25.4 Å². The lowest BCUT2D eigenvalue weighted by Gasteiger charge is -2.30. The van der Waals surface area contributed by atoms with Crippen LogP contribution in [0.1, 0.15) is 18.1 Å². The van der Waals surface area contributed by atoms with Gasteiger partial charge in [0.2, 0.25) is 11.7 Å². The van der Waals surface area contributed by atoms with Crippen LogP contribution in [0.25, 0.3) is 5.57 Å². The summed E-state index contributed by atoms with van der Waals surface area (Å²) in [5.41, 5.74) is 5.73. The third-order valence-electron chi connectivity index (χ3n) is 4.40. The van der Waals surface area contributed by atoms with Gasteiger partial charge in [-0.2, -0.15) is 26.3 Å². The van der Waals surface area contributed by atoms with Crippen LogP contribution in [0.15, 0.2) is 53.3 Å². The Bertz CT molecular complexity index is 1010. The molecule has 0 aromatic heterocycles. The van der Waals surface area contributed by atoms with Crippen LogP contribution in [-0.2, 0) is 6.18 Å². The number of dihydropyridines is 1. The lowest BCUT2D eigenvalue weighted by atomic mass is 10.0. The summed E-state index contributed by atoms with van der Waals surface area (Å²) in [6.07, 6.45) is -4.96. The van der Waals surface area contributed by atoms with Crippen molar-refractivity contribution < 1.29 is 31.1 Å². The molecule has 3 rings (SSSR count). The summed E-state index contributed by atoms with van der Waals surface area (Å²) >= 11 is 0. The highest BCUT2D eigenvalue weighted by Gasteiger charge is 2.42. The Morgan fingerprint density at radius 1 is 1.26 bits per heavy atom. The molecular weight excluding hydrogens is 428 g/mol. The zero-order chi connectivity index (χ0) is 23.0. The number of hydrogen-bond acceptors (Lipinski definition) is 5. The number of nitrogens with two attached hydrogens (primary N) is 1. The molecule has 1 unspecified atom stereocenters. The smallest absolute Gasteiger partial charge is 0.437 e. The molecule has 0 bridgehead atoms. The molecule has 0 spiro atoms. The molecule has 1 atom stereocenters. The Labute approximate surface area is 172 Å². The Kier molecular flexibility index (Phi) is 5.85. The van der Waals surface area contributed by atoms with Crippen molar-refractivity contribution in [2.24, 2.45) is 10.8 Å². The SMILES string of the molecule is CC1=CC(N)N(C(=N)C(F)(F)F)N=C1Oc1cc(C(F)(F)F)ccc1C1=CC=CNC1. The van der Waals surface area contributed by atoms with Gasteiger partial charge in [0.05, 0.1) is 5.56 Å². The highest BCUT2D eigenvalue weighted by molar-refractivity contribution is 5.98. The fourth-order valence-electron chi connectivity index (χ4n) is 2.87. The summed E-state index contributed by atoms with van der Waals surface area (Å²) in [6.45, 7) is 1.74. The minimum atomic E-state index is -5.03. The normalized spacial score (nSPS) is 19.3. The summed E-state index contributed by atoms with van der Waals surface area (Å²) in [5.74, 6) is -2.49. The van der Waals surface area contributed by atoms with Gasteiger partial charge in [-0.1, -0.05) is 12.1 Å². The number of hydrazone groups is 1. The van der Waals surface area contributed by atoms with Crippen molar-refractivity contribution in [1.82, 2.24) is 10.3 Å². The molecule has 166 valence electrons. The van der Waals surface area contributed by atoms with Crippen molar-refractivity contribution >= 4 is 17.3 Å². The van der Waals surface area contributed by atoms with E-state index in [2.05, 4.69) is 10.4 Å². The Morgan fingerprint density at radius 2 is 1.97 bits per heavy atom. The average Bonchev–Trinajstić information content (AvgIpc) is 2.68. The molecule has 0 aliphatic carbocycles. The molecule has 2 heterocycles. The highest BCUT2D eigenvalue weighted by Crippen LogP contribution is 2.36. The molecule has 31 heavy (non-hydrogen) atoms. The van der Waals surface area contributed by atoms with E-state index >= 15 is 0 Å². The van der Waals surface area contributed by atoms with E-state index in [1.807, 2.05) is 0 Å². The third-order valence-corrected chi connectivity index (χ3v) is 4.40. The van der Waals surface area contributed by atoms with Gasteiger partial charge in [-0.25, -0.2) is 5.01 Å². The lowest BCUT2D eigenvalue weighted by Crippen LogP contribution is -2.49. The van der Waals surface area contributed by atoms with E-state index in [1.54, 1.807) is 18.4 Å². The Hall–Kier alpha value is -3.28. The fraction of sp³-hybridized carbons (Fsp3) is 0.263. The standard InChI is InChI=1S/C19H17F6N5O/c1-10-7-15(26)30(17(27)19(23,24)25)29-16(10)31-14-8-12(18(20,21)22)4-5-13(14)11-3-2-6-28-9-11/h2-8,15,27-28H,9,26H2,1H3. The monoisotopic (exact) mass is 445 g/mol. The second-order valence-electron chi connectivity index (χ2n) is 6.68. The van der Waals surface area contributed by atoms with E-state index in [9.17, 15) is 26.3 Å². The van der Waals surface area contributed by atoms with Gasteiger partial charge >= 0.3 is 12.4 Å². The first-order chi connectivity index (χ1) is 14.4. The quantitative estimate of drug-likeness (QED) is 0.365. The van der Waals surface area contributed by atoms with Gasteiger partial charge in [0.25, 0.3) is 0 Å². The van der Waals surface area contributed by atoms with E-state index in [4.69, 9.17) is 15.9 Å². The molecule has 0 saturated carbocycles. The van der Waals surface area contributed by atoms with Crippen LogP contribution in [0, 0.1) is 5.41 Å². The van der Waals surface area contributed by atoms with Crippen molar-refractivity contribution in [3.63, 3.8) is 0 Å². The third kappa shape index (κ3) is 4.90. The highest BCUT2D eigenvalue weighted by atomic mass is 19.4. The molecule has 12 heteroatoms. The molecule has 6 nitrogen and oxygen atoms in total. The predicted octanol–water partition coefficient (Wildman–Crippen LogP) is 3.98. The first-order valence-corrected chi connectivity index (χ1v) is 8.84. The molecule has 0 radical (unpaired) electrons. The van der Waals surface area contributed by atoms with E-state index in [1.165, 1.54) is 19.1 Å². The van der Waals surface area contributed by atoms with Crippen molar-refractivity contribution in [1.29, 1.82) is 5.41 Å².